The molecule has 0 bridgehead atoms. The molecule has 2 aromatic heterocycles. The highest BCUT2D eigenvalue weighted by Gasteiger charge is 2.32. The minimum atomic E-state index is -4.58. The number of nitrogen functional groups attached to an aromatic ring is 1. The van der Waals surface area contributed by atoms with E-state index in [0.717, 1.165) is 0 Å². The maximum atomic E-state index is 13.0. The zero-order valence-corrected chi connectivity index (χ0v) is 18.3. The van der Waals surface area contributed by atoms with Gasteiger partial charge in [0.1, 0.15) is 4.90 Å². The fourth-order valence-corrected chi connectivity index (χ4v) is 6.60. The summed E-state index contributed by atoms with van der Waals surface area (Å²) in [5.41, 5.74) is 13.1. The first-order chi connectivity index (χ1) is 15.0. The normalized spacial score (nSPS) is 13.5. The second kappa shape index (κ2) is 7.63. The van der Waals surface area contributed by atoms with E-state index in [9.17, 15) is 16.8 Å². The third-order valence-corrected chi connectivity index (χ3v) is 7.71. The van der Waals surface area contributed by atoms with E-state index in [1.807, 2.05) is 0 Å². The Morgan fingerprint density at radius 1 is 1.09 bits per heavy atom. The molecule has 168 valence electrons. The van der Waals surface area contributed by atoms with Crippen LogP contribution in [0.15, 0.2) is 40.1 Å². The molecular weight excluding hydrogens is 458 g/mol. The van der Waals surface area contributed by atoms with Crippen LogP contribution in [-0.4, -0.2) is 59.2 Å². The van der Waals surface area contributed by atoms with Crippen LogP contribution in [0.1, 0.15) is 6.92 Å². The first-order valence-electron chi connectivity index (χ1n) is 9.15. The van der Waals surface area contributed by atoms with E-state index < -0.39 is 41.4 Å². The number of anilines is 1. The van der Waals surface area contributed by atoms with Gasteiger partial charge in [-0.3, -0.25) is 0 Å². The lowest BCUT2D eigenvalue weighted by molar-refractivity contribution is 0.580. The Morgan fingerprint density at radius 2 is 1.84 bits per heavy atom. The predicted octanol–water partition coefficient (Wildman–Crippen LogP) is -0.239. The SMILES string of the molecule is CC(N)CS(=O)(=O)c1ccc(-c2cccc3[nH]c(N)nc23)c(-c2nn[nH]n2)c1S(N)(=O)=O. The number of fused-ring (bicyclic) bond motifs is 1. The fraction of sp³-hybridized carbons (Fsp3) is 0.176. The number of H-pyrrole nitrogens is 2. The molecule has 0 spiro atoms. The lowest BCUT2D eigenvalue weighted by Gasteiger charge is -2.17. The van der Waals surface area contributed by atoms with E-state index >= 15 is 0 Å². The number of sulfone groups is 1. The molecule has 32 heavy (non-hydrogen) atoms. The van der Waals surface area contributed by atoms with Gasteiger partial charge in [-0.15, -0.1) is 10.2 Å². The number of imidazole rings is 1. The molecule has 0 fully saturated rings. The van der Waals surface area contributed by atoms with Crippen LogP contribution in [0.25, 0.3) is 33.5 Å². The summed E-state index contributed by atoms with van der Waals surface area (Å²) in [4.78, 5) is 5.99. The lowest BCUT2D eigenvalue weighted by atomic mass is 9.98. The van der Waals surface area contributed by atoms with Crippen LogP contribution in [0.3, 0.4) is 0 Å². The van der Waals surface area contributed by atoms with Gasteiger partial charge < -0.3 is 16.5 Å². The summed E-state index contributed by atoms with van der Waals surface area (Å²) in [5.74, 6) is -0.509. The van der Waals surface area contributed by atoms with Crippen LogP contribution in [-0.2, 0) is 19.9 Å². The van der Waals surface area contributed by atoms with Crippen molar-refractivity contribution >= 4 is 36.8 Å². The summed E-state index contributed by atoms with van der Waals surface area (Å²) < 4.78 is 51.4. The second-order valence-corrected chi connectivity index (χ2v) is 10.7. The molecule has 1 atom stereocenters. The van der Waals surface area contributed by atoms with Crippen molar-refractivity contribution < 1.29 is 16.8 Å². The van der Waals surface area contributed by atoms with Gasteiger partial charge in [0.25, 0.3) is 0 Å². The average molecular weight is 478 g/mol. The topological polar surface area (TPSA) is 229 Å². The highest BCUT2D eigenvalue weighted by atomic mass is 32.2. The van der Waals surface area contributed by atoms with Crippen molar-refractivity contribution in [1.29, 1.82) is 0 Å². The Morgan fingerprint density at radius 3 is 2.47 bits per heavy atom. The number of aromatic nitrogens is 6. The minimum absolute atomic E-state index is 0.138. The van der Waals surface area contributed by atoms with Gasteiger partial charge in [0.2, 0.25) is 15.8 Å². The molecule has 15 heteroatoms. The number of hydrogen-bond donors (Lipinski definition) is 5. The number of primary sulfonamides is 1. The third kappa shape index (κ3) is 3.81. The van der Waals surface area contributed by atoms with Crippen molar-refractivity contribution in [3.05, 3.63) is 30.3 Å². The highest BCUT2D eigenvalue weighted by molar-refractivity contribution is 7.93. The first-order valence-corrected chi connectivity index (χ1v) is 12.4. The molecule has 0 saturated heterocycles. The Hall–Kier alpha value is -3.40. The molecule has 8 N–H and O–H groups in total. The predicted molar refractivity (Wildman–Crippen MR) is 116 cm³/mol. The van der Waals surface area contributed by atoms with Gasteiger partial charge in [0.05, 0.1) is 27.2 Å². The molecule has 13 nitrogen and oxygen atoms in total. The third-order valence-electron chi connectivity index (χ3n) is 4.61. The van der Waals surface area contributed by atoms with Crippen molar-refractivity contribution in [1.82, 2.24) is 30.6 Å². The standard InChI is InChI=1S/C17H19N9O4S2/c1-8(18)7-31(27,28)12-6-5-9(10-3-2-4-11-14(10)22-17(19)21-11)13(15(12)32(20,29)30)16-23-25-26-24-16/h2-6,8H,7,18H2,1H3,(H3,19,21,22)(H2,20,29,30)(H,23,24,25,26). The van der Waals surface area contributed by atoms with Gasteiger partial charge in [-0.25, -0.2) is 27.0 Å². The molecular formula is C17H19N9O4S2. The van der Waals surface area contributed by atoms with Gasteiger partial charge in [-0.2, -0.15) is 5.21 Å². The summed E-state index contributed by atoms with van der Waals surface area (Å²) in [6, 6.07) is 6.97. The van der Waals surface area contributed by atoms with Crippen molar-refractivity contribution in [2.24, 2.45) is 10.9 Å². The average Bonchev–Trinajstić information content (AvgIpc) is 3.33. The van der Waals surface area contributed by atoms with Gasteiger partial charge in [-0.05, 0) is 29.8 Å². The number of nitrogens with two attached hydrogens (primary N) is 3. The Bertz CT molecular complexity index is 1530. The number of hydrogen-bond acceptors (Lipinski definition) is 10. The Balaban J connectivity index is 2.16. The number of para-hydroxylation sites is 1. The second-order valence-electron chi connectivity index (χ2n) is 7.18. The summed E-state index contributed by atoms with van der Waals surface area (Å²) in [5, 5.41) is 19.0. The number of sulfonamides is 1. The van der Waals surface area contributed by atoms with Gasteiger partial charge in [0.15, 0.2) is 15.8 Å². The van der Waals surface area contributed by atoms with Gasteiger partial charge in [0, 0.05) is 11.6 Å². The van der Waals surface area contributed by atoms with Crippen LogP contribution >= 0.6 is 0 Å². The molecule has 1 unspecified atom stereocenters. The number of nitrogens with one attached hydrogen (secondary N) is 2. The lowest BCUT2D eigenvalue weighted by Crippen LogP contribution is -2.28. The van der Waals surface area contributed by atoms with Crippen LogP contribution in [0.5, 0.6) is 0 Å². The van der Waals surface area contributed by atoms with Crippen LogP contribution in [0, 0.1) is 0 Å². The van der Waals surface area contributed by atoms with Crippen molar-refractivity contribution in [3.63, 3.8) is 0 Å². The summed E-state index contributed by atoms with van der Waals surface area (Å²) in [6.45, 7) is 1.49. The molecule has 4 aromatic rings. The molecule has 0 aliphatic carbocycles. The van der Waals surface area contributed by atoms with Crippen molar-refractivity contribution in [2.75, 3.05) is 11.5 Å². The summed E-state index contributed by atoms with van der Waals surface area (Å²) >= 11 is 0. The van der Waals surface area contributed by atoms with Crippen molar-refractivity contribution in [2.45, 2.75) is 22.8 Å². The van der Waals surface area contributed by atoms with E-state index in [0.29, 0.717) is 16.6 Å². The molecule has 0 aliphatic heterocycles. The summed E-state index contributed by atoms with van der Waals surface area (Å²) in [6.07, 6.45) is 0. The van der Waals surface area contributed by atoms with Gasteiger partial charge in [-0.1, -0.05) is 18.2 Å². The zero-order valence-electron chi connectivity index (χ0n) is 16.6. The largest absolute Gasteiger partial charge is 0.369 e. The van der Waals surface area contributed by atoms with E-state index in [1.54, 1.807) is 18.2 Å². The zero-order chi connectivity index (χ0) is 23.3. The van der Waals surface area contributed by atoms with Crippen LogP contribution in [0.2, 0.25) is 0 Å². The van der Waals surface area contributed by atoms with Crippen LogP contribution < -0.4 is 16.6 Å². The van der Waals surface area contributed by atoms with E-state index in [1.165, 1.54) is 19.1 Å². The monoisotopic (exact) mass is 477 g/mol. The van der Waals surface area contributed by atoms with E-state index in [4.69, 9.17) is 16.6 Å². The van der Waals surface area contributed by atoms with E-state index in [2.05, 4.69) is 30.6 Å². The molecule has 0 aliphatic rings. The molecule has 0 saturated carbocycles. The molecule has 2 heterocycles. The Labute approximate surface area is 182 Å². The minimum Gasteiger partial charge on any atom is -0.369 e. The number of aromatic amines is 2. The number of rotatable bonds is 6. The summed E-state index contributed by atoms with van der Waals surface area (Å²) in [7, 11) is -8.72. The Kier molecular flexibility index (Phi) is 5.20. The quantitative estimate of drug-likeness (QED) is 0.244. The number of tetrazole rings is 1. The molecule has 4 rings (SSSR count). The van der Waals surface area contributed by atoms with Gasteiger partial charge >= 0.3 is 0 Å². The highest BCUT2D eigenvalue weighted by Crippen LogP contribution is 2.41. The number of benzene rings is 2. The maximum Gasteiger partial charge on any atom is 0.240 e. The van der Waals surface area contributed by atoms with Crippen molar-refractivity contribution in [3.8, 4) is 22.5 Å². The van der Waals surface area contributed by atoms with Crippen LogP contribution in [0.4, 0.5) is 5.95 Å². The molecule has 0 amide bonds. The van der Waals surface area contributed by atoms with E-state index in [-0.39, 0.29) is 22.9 Å². The number of nitrogens with zero attached hydrogens (tertiary/aromatic N) is 4. The maximum absolute atomic E-state index is 13.0. The molecule has 2 aromatic carbocycles. The first kappa shape index (κ1) is 21.8. The fourth-order valence-electron chi connectivity index (χ4n) is 3.51. The molecule has 0 radical (unpaired) electrons. The smallest absolute Gasteiger partial charge is 0.240 e.